The number of nitrogens with one attached hydrogen (secondary N) is 1. The number of carbonyl (C=O) groups excluding carboxylic acids is 2. The molecule has 1 heterocycles. The van der Waals surface area contributed by atoms with Gasteiger partial charge in [0.15, 0.2) is 11.5 Å². The summed E-state index contributed by atoms with van der Waals surface area (Å²) in [5.74, 6) is -0.0416. The smallest absolute Gasteiger partial charge is 0.258 e. The van der Waals surface area contributed by atoms with Gasteiger partial charge in [0.25, 0.3) is 5.91 Å². The molecule has 1 aliphatic heterocycles. The topological polar surface area (TPSA) is 67.9 Å². The van der Waals surface area contributed by atoms with Gasteiger partial charge in [0.2, 0.25) is 5.91 Å². The van der Waals surface area contributed by atoms with Crippen LogP contribution >= 0.6 is 0 Å². The minimum absolute atomic E-state index is 0.215. The Morgan fingerprint density at radius 2 is 1.76 bits per heavy atom. The highest BCUT2D eigenvalue weighted by Crippen LogP contribution is 2.32. The van der Waals surface area contributed by atoms with Crippen LogP contribution in [0.5, 0.6) is 11.5 Å². The number of carbonyl (C=O) groups is 2. The predicted octanol–water partition coefficient (Wildman–Crippen LogP) is 3.69. The second-order valence-corrected chi connectivity index (χ2v) is 7.76. The maximum absolute atomic E-state index is 13.7. The quantitative estimate of drug-likeness (QED) is 0.625. The third kappa shape index (κ3) is 4.67. The van der Waals surface area contributed by atoms with Crippen molar-refractivity contribution in [2.75, 3.05) is 27.3 Å². The van der Waals surface area contributed by atoms with Crippen LogP contribution < -0.4 is 14.8 Å². The van der Waals surface area contributed by atoms with E-state index in [1.807, 2.05) is 30.3 Å². The van der Waals surface area contributed by atoms with E-state index >= 15 is 0 Å². The van der Waals surface area contributed by atoms with Crippen LogP contribution in [0.4, 0.5) is 4.39 Å². The van der Waals surface area contributed by atoms with Crippen molar-refractivity contribution >= 4 is 11.8 Å². The summed E-state index contributed by atoms with van der Waals surface area (Å²) in [6.45, 7) is 0.746. The number of ether oxygens (including phenoxy) is 2. The highest BCUT2D eigenvalue weighted by Gasteiger charge is 2.35. The van der Waals surface area contributed by atoms with Gasteiger partial charge in [0, 0.05) is 19.5 Å². The zero-order chi connectivity index (χ0) is 23.4. The molecule has 0 spiro atoms. The van der Waals surface area contributed by atoms with Crippen molar-refractivity contribution in [1.82, 2.24) is 10.2 Å². The Labute approximate surface area is 191 Å². The van der Waals surface area contributed by atoms with Crippen LogP contribution in [-0.2, 0) is 11.2 Å². The van der Waals surface area contributed by atoms with Crippen molar-refractivity contribution in [2.24, 2.45) is 0 Å². The van der Waals surface area contributed by atoms with Crippen LogP contribution in [0, 0.1) is 5.82 Å². The van der Waals surface area contributed by atoms with E-state index in [9.17, 15) is 14.0 Å². The van der Waals surface area contributed by atoms with Crippen molar-refractivity contribution in [2.45, 2.75) is 12.5 Å². The van der Waals surface area contributed by atoms with Crippen LogP contribution in [0.2, 0.25) is 0 Å². The van der Waals surface area contributed by atoms with Gasteiger partial charge in [0.1, 0.15) is 11.9 Å². The van der Waals surface area contributed by atoms with E-state index in [2.05, 4.69) is 5.32 Å². The van der Waals surface area contributed by atoms with E-state index in [0.29, 0.717) is 36.6 Å². The first-order valence-corrected chi connectivity index (χ1v) is 10.7. The van der Waals surface area contributed by atoms with Gasteiger partial charge in [-0.05, 0) is 41.0 Å². The summed E-state index contributed by atoms with van der Waals surface area (Å²) in [6.07, 6.45) is 0.326. The monoisotopic (exact) mass is 448 g/mol. The van der Waals surface area contributed by atoms with Crippen LogP contribution in [0.25, 0.3) is 11.1 Å². The minimum atomic E-state index is -0.690. The molecule has 7 heteroatoms. The molecule has 0 aromatic heterocycles. The Hall–Kier alpha value is -3.87. The standard InChI is InChI=1S/C26H25FN2O4/c1-32-23-11-5-10-21(24(23)33-2)26(31)29-13-12-28-25(30)22(29)15-17-6-3-7-18(14-17)19-8-4-9-20(27)16-19/h3-11,14,16,22H,12-13,15H2,1-2H3,(H,28,30)/t22-/m1/s1. The second kappa shape index (κ2) is 9.73. The Bertz CT molecular complexity index is 1180. The lowest BCUT2D eigenvalue weighted by atomic mass is 9.97. The van der Waals surface area contributed by atoms with Gasteiger partial charge >= 0.3 is 0 Å². The zero-order valence-corrected chi connectivity index (χ0v) is 18.5. The molecular weight excluding hydrogens is 423 g/mol. The molecule has 1 atom stereocenters. The maximum atomic E-state index is 13.7. The predicted molar refractivity (Wildman–Crippen MR) is 123 cm³/mol. The molecule has 6 nitrogen and oxygen atoms in total. The number of hydrogen-bond acceptors (Lipinski definition) is 4. The lowest BCUT2D eigenvalue weighted by Crippen LogP contribution is -2.58. The molecule has 1 N–H and O–H groups in total. The lowest BCUT2D eigenvalue weighted by molar-refractivity contribution is -0.127. The summed E-state index contributed by atoms with van der Waals surface area (Å²) in [5.41, 5.74) is 2.80. The van der Waals surface area contributed by atoms with Crippen molar-refractivity contribution < 1.29 is 23.5 Å². The third-order valence-corrected chi connectivity index (χ3v) is 5.74. The highest BCUT2D eigenvalue weighted by atomic mass is 19.1. The van der Waals surface area contributed by atoms with Gasteiger partial charge in [0.05, 0.1) is 19.8 Å². The Balaban J connectivity index is 1.64. The molecule has 0 radical (unpaired) electrons. The fourth-order valence-corrected chi connectivity index (χ4v) is 4.14. The van der Waals surface area contributed by atoms with E-state index in [-0.39, 0.29) is 17.6 Å². The van der Waals surface area contributed by atoms with Gasteiger partial charge in [-0.1, -0.05) is 42.5 Å². The first kappa shape index (κ1) is 22.3. The number of nitrogens with zero attached hydrogens (tertiary/aromatic N) is 1. The summed E-state index contributed by atoms with van der Waals surface area (Å²) in [6, 6.07) is 18.4. The molecule has 0 unspecified atom stereocenters. The molecular formula is C26H25FN2O4. The average molecular weight is 448 g/mol. The molecule has 0 aliphatic carbocycles. The number of piperazine rings is 1. The van der Waals surface area contributed by atoms with Crippen molar-refractivity contribution in [1.29, 1.82) is 0 Å². The first-order chi connectivity index (χ1) is 16.0. The first-order valence-electron chi connectivity index (χ1n) is 10.7. The molecule has 4 rings (SSSR count). The molecule has 1 aliphatic rings. The highest BCUT2D eigenvalue weighted by molar-refractivity contribution is 6.01. The summed E-state index contributed by atoms with van der Waals surface area (Å²) in [4.78, 5) is 27.9. The van der Waals surface area contributed by atoms with Crippen molar-refractivity contribution in [3.8, 4) is 22.6 Å². The molecule has 1 fully saturated rings. The largest absolute Gasteiger partial charge is 0.493 e. The summed E-state index contributed by atoms with van der Waals surface area (Å²) in [5, 5.41) is 2.86. The average Bonchev–Trinajstić information content (AvgIpc) is 2.84. The van der Waals surface area contributed by atoms with Crippen LogP contribution in [0.3, 0.4) is 0 Å². The summed E-state index contributed by atoms with van der Waals surface area (Å²) >= 11 is 0. The maximum Gasteiger partial charge on any atom is 0.258 e. The fourth-order valence-electron chi connectivity index (χ4n) is 4.14. The molecule has 2 amide bonds. The lowest BCUT2D eigenvalue weighted by Gasteiger charge is -2.35. The second-order valence-electron chi connectivity index (χ2n) is 7.76. The van der Waals surface area contributed by atoms with Gasteiger partial charge in [-0.25, -0.2) is 4.39 Å². The van der Waals surface area contributed by atoms with Crippen molar-refractivity contribution in [3.05, 3.63) is 83.7 Å². The van der Waals surface area contributed by atoms with Crippen LogP contribution in [-0.4, -0.2) is 50.1 Å². The van der Waals surface area contributed by atoms with Gasteiger partial charge in [-0.15, -0.1) is 0 Å². The number of hydrogen-bond donors (Lipinski definition) is 1. The van der Waals surface area contributed by atoms with Gasteiger partial charge in [-0.3, -0.25) is 9.59 Å². The Kier molecular flexibility index (Phi) is 6.58. The molecule has 3 aromatic carbocycles. The summed E-state index contributed by atoms with van der Waals surface area (Å²) in [7, 11) is 2.99. The molecule has 1 saturated heterocycles. The van der Waals surface area contributed by atoms with E-state index in [0.717, 1.165) is 16.7 Å². The molecule has 3 aromatic rings. The van der Waals surface area contributed by atoms with Crippen molar-refractivity contribution in [3.63, 3.8) is 0 Å². The van der Waals surface area contributed by atoms with Gasteiger partial charge in [-0.2, -0.15) is 0 Å². The van der Waals surface area contributed by atoms with E-state index < -0.39 is 6.04 Å². The molecule has 33 heavy (non-hydrogen) atoms. The van der Waals surface area contributed by atoms with E-state index in [1.54, 1.807) is 29.2 Å². The molecule has 0 bridgehead atoms. The summed E-state index contributed by atoms with van der Waals surface area (Å²) < 4.78 is 24.4. The Morgan fingerprint density at radius 3 is 2.48 bits per heavy atom. The molecule has 0 saturated carbocycles. The zero-order valence-electron chi connectivity index (χ0n) is 18.5. The number of halogens is 1. The fraction of sp³-hybridized carbons (Fsp3) is 0.231. The Morgan fingerprint density at radius 1 is 1.03 bits per heavy atom. The number of amides is 2. The number of para-hydroxylation sites is 1. The van der Waals surface area contributed by atoms with Crippen LogP contribution in [0.1, 0.15) is 15.9 Å². The normalized spacial score (nSPS) is 15.7. The number of methoxy groups -OCH3 is 2. The van der Waals surface area contributed by atoms with E-state index in [4.69, 9.17) is 9.47 Å². The molecule has 170 valence electrons. The number of benzene rings is 3. The SMILES string of the molecule is COc1cccc(C(=O)N2CCNC(=O)[C@H]2Cc2cccc(-c3cccc(F)c3)c2)c1OC. The third-order valence-electron chi connectivity index (χ3n) is 5.74. The number of rotatable bonds is 6. The van der Waals surface area contributed by atoms with Gasteiger partial charge < -0.3 is 19.7 Å². The van der Waals surface area contributed by atoms with E-state index in [1.165, 1.54) is 26.4 Å². The minimum Gasteiger partial charge on any atom is -0.493 e. The van der Waals surface area contributed by atoms with Crippen LogP contribution in [0.15, 0.2) is 66.7 Å².